The Morgan fingerprint density at radius 3 is 2.42 bits per heavy atom. The molecule has 0 bridgehead atoms. The second kappa shape index (κ2) is 7.04. The second-order valence-electron chi connectivity index (χ2n) is 3.63. The van der Waals surface area contributed by atoms with Crippen LogP contribution < -0.4 is 5.56 Å². The van der Waals surface area contributed by atoms with Gasteiger partial charge in [0.1, 0.15) is 0 Å². The van der Waals surface area contributed by atoms with Gasteiger partial charge in [0, 0.05) is 39.3 Å². The number of nitrogens with zero attached hydrogens (tertiary/aromatic N) is 1. The van der Waals surface area contributed by atoms with Crippen molar-refractivity contribution in [1.29, 1.82) is 0 Å². The van der Waals surface area contributed by atoms with Crippen molar-refractivity contribution in [2.24, 2.45) is 0 Å². The molecule has 2 rings (SSSR count). The summed E-state index contributed by atoms with van der Waals surface area (Å²) in [5, 5.41) is 0. The normalized spacial score (nSPS) is 10.1. The summed E-state index contributed by atoms with van der Waals surface area (Å²) in [6.07, 6.45) is 0. The van der Waals surface area contributed by atoms with Gasteiger partial charge in [0.15, 0.2) is 0 Å². The van der Waals surface area contributed by atoms with Crippen LogP contribution in [0.3, 0.4) is 0 Å². The van der Waals surface area contributed by atoms with Crippen LogP contribution in [0.25, 0.3) is 11.3 Å². The zero-order chi connectivity index (χ0) is 13.3. The first kappa shape index (κ1) is 16.9. The van der Waals surface area contributed by atoms with Gasteiger partial charge in [-0.2, -0.15) is 12.1 Å². The number of hydrogen-bond donors (Lipinski definition) is 0. The maximum Gasteiger partial charge on any atom is 0.207 e. The molecule has 0 aliphatic heterocycles. The minimum atomic E-state index is -0.700. The van der Waals surface area contributed by atoms with Crippen LogP contribution in [0.5, 0.6) is 0 Å². The predicted octanol–water partition coefficient (Wildman–Crippen LogP) is 3.22. The number of rotatable bonds is 2. The molecule has 0 atom stereocenters. The maximum atomic E-state index is 13.7. The van der Waals surface area contributed by atoms with E-state index >= 15 is 0 Å². The van der Waals surface area contributed by atoms with Gasteiger partial charge in [-0.05, 0) is 28.2 Å². The number of hydrogen-bond acceptors (Lipinski definition) is 1. The third-order valence-corrected chi connectivity index (χ3v) is 3.34. The molecule has 1 aromatic heterocycles. The van der Waals surface area contributed by atoms with Crippen molar-refractivity contribution >= 4 is 22.6 Å². The number of benzene rings is 1. The first-order chi connectivity index (χ1) is 8.56. The third-order valence-electron chi connectivity index (χ3n) is 2.57. The van der Waals surface area contributed by atoms with E-state index in [1.165, 1.54) is 16.7 Å². The van der Waals surface area contributed by atoms with Gasteiger partial charge in [-0.3, -0.25) is 4.79 Å². The van der Waals surface area contributed by atoms with Gasteiger partial charge in [-0.15, -0.1) is 22.6 Å². The molecule has 0 spiro atoms. The predicted molar refractivity (Wildman–Crippen MR) is 73.3 cm³/mol. The van der Waals surface area contributed by atoms with E-state index in [9.17, 15) is 13.6 Å². The van der Waals surface area contributed by atoms with Crippen LogP contribution in [0.15, 0.2) is 29.1 Å². The van der Waals surface area contributed by atoms with E-state index in [1.807, 2.05) is 22.6 Å². The standard InChI is InChI=1S/C13H9F2INO.Y/c1-2-17-11(7-6-10(16)13(17)18)12-8(14)4-3-5-9(12)15;/h3-6H,2H2,1H3;/q-1;. The zero-order valence-corrected chi connectivity index (χ0v) is 15.1. The van der Waals surface area contributed by atoms with Gasteiger partial charge in [0.05, 0.1) is 11.6 Å². The summed E-state index contributed by atoms with van der Waals surface area (Å²) in [4.78, 5) is 11.9. The van der Waals surface area contributed by atoms with Crippen molar-refractivity contribution in [3.8, 4) is 11.3 Å². The Balaban J connectivity index is 0.00000180. The SMILES string of the molecule is CCn1c(-c2c(F)cccc2F)[c-]cc(I)c1=O.[Y]. The van der Waals surface area contributed by atoms with Gasteiger partial charge in [-0.1, -0.05) is 11.8 Å². The van der Waals surface area contributed by atoms with Gasteiger partial charge in [-0.25, -0.2) is 8.78 Å². The fourth-order valence-electron chi connectivity index (χ4n) is 1.73. The molecule has 0 saturated carbocycles. The van der Waals surface area contributed by atoms with E-state index in [4.69, 9.17) is 0 Å². The molecular weight excluding hydrogens is 440 g/mol. The molecule has 6 heteroatoms. The van der Waals surface area contributed by atoms with Crippen LogP contribution >= 0.6 is 22.6 Å². The summed E-state index contributed by atoms with van der Waals surface area (Å²) in [5.41, 5.74) is -0.346. The van der Waals surface area contributed by atoms with Gasteiger partial charge < -0.3 is 4.57 Å². The Morgan fingerprint density at radius 2 is 1.89 bits per heavy atom. The Morgan fingerprint density at radius 1 is 1.32 bits per heavy atom. The molecule has 0 unspecified atom stereocenters. The van der Waals surface area contributed by atoms with E-state index in [0.717, 1.165) is 12.1 Å². The summed E-state index contributed by atoms with van der Waals surface area (Å²) < 4.78 is 29.2. The van der Waals surface area contributed by atoms with Crippen molar-refractivity contribution < 1.29 is 41.5 Å². The van der Waals surface area contributed by atoms with E-state index < -0.39 is 11.6 Å². The molecule has 1 radical (unpaired) electrons. The van der Waals surface area contributed by atoms with Crippen molar-refractivity contribution in [2.75, 3.05) is 0 Å². The summed E-state index contributed by atoms with van der Waals surface area (Å²) in [5.74, 6) is -1.40. The molecule has 0 saturated heterocycles. The summed E-state index contributed by atoms with van der Waals surface area (Å²) in [6, 6.07) is 7.82. The topological polar surface area (TPSA) is 22.0 Å². The van der Waals surface area contributed by atoms with E-state index in [-0.39, 0.29) is 49.5 Å². The quantitative estimate of drug-likeness (QED) is 0.510. The van der Waals surface area contributed by atoms with Crippen LogP contribution in [0, 0.1) is 21.3 Å². The van der Waals surface area contributed by atoms with E-state index in [1.54, 1.807) is 6.92 Å². The molecule has 2 aromatic rings. The molecule has 0 amide bonds. The smallest absolute Gasteiger partial charge is 0.207 e. The molecule has 1 aromatic carbocycles. The van der Waals surface area contributed by atoms with E-state index in [0.29, 0.717) is 10.1 Å². The fraction of sp³-hybridized carbons (Fsp3) is 0.154. The Kier molecular flexibility index (Phi) is 6.27. The van der Waals surface area contributed by atoms with Crippen LogP contribution in [0.1, 0.15) is 6.92 Å². The number of halogens is 3. The first-order valence-electron chi connectivity index (χ1n) is 5.31. The minimum absolute atomic E-state index is 0. The molecule has 0 N–H and O–H groups in total. The van der Waals surface area contributed by atoms with Crippen LogP contribution in [-0.2, 0) is 39.3 Å². The summed E-state index contributed by atoms with van der Waals surface area (Å²) >= 11 is 1.87. The molecule has 0 aliphatic rings. The third kappa shape index (κ3) is 3.31. The first-order valence-corrected chi connectivity index (χ1v) is 6.39. The van der Waals surface area contributed by atoms with Crippen LogP contribution in [0.2, 0.25) is 0 Å². The monoisotopic (exact) mass is 449 g/mol. The Hall–Kier alpha value is -0.136. The molecule has 0 aliphatic carbocycles. The number of aromatic nitrogens is 1. The maximum absolute atomic E-state index is 13.7. The van der Waals surface area contributed by atoms with Crippen molar-refractivity contribution in [2.45, 2.75) is 13.5 Å². The Bertz CT molecular complexity index is 637. The van der Waals surface area contributed by atoms with Crippen molar-refractivity contribution in [1.82, 2.24) is 4.57 Å². The molecule has 97 valence electrons. The number of pyridine rings is 1. The van der Waals surface area contributed by atoms with Crippen molar-refractivity contribution in [3.63, 3.8) is 0 Å². The van der Waals surface area contributed by atoms with E-state index in [2.05, 4.69) is 6.07 Å². The zero-order valence-electron chi connectivity index (χ0n) is 10.1. The molecule has 0 fully saturated rings. The summed E-state index contributed by atoms with van der Waals surface area (Å²) in [7, 11) is 0. The van der Waals surface area contributed by atoms with Gasteiger partial charge in [0.25, 0.3) is 0 Å². The summed E-state index contributed by atoms with van der Waals surface area (Å²) in [6.45, 7) is 2.07. The minimum Gasteiger partial charge on any atom is -0.342 e. The average molecular weight is 449 g/mol. The van der Waals surface area contributed by atoms with Gasteiger partial charge in [0.2, 0.25) is 5.56 Å². The average Bonchev–Trinajstić information content (AvgIpc) is 2.33. The molecular formula is C13H9F2INOY-. The molecule has 1 heterocycles. The largest absolute Gasteiger partial charge is 0.342 e. The van der Waals surface area contributed by atoms with Crippen LogP contribution in [-0.4, -0.2) is 4.57 Å². The molecule has 2 nitrogen and oxygen atoms in total. The van der Waals surface area contributed by atoms with Crippen molar-refractivity contribution in [3.05, 3.63) is 55.9 Å². The molecule has 19 heavy (non-hydrogen) atoms. The fourth-order valence-corrected chi connectivity index (χ4v) is 2.18. The van der Waals surface area contributed by atoms with Gasteiger partial charge >= 0.3 is 0 Å². The Labute approximate surface area is 148 Å². The van der Waals surface area contributed by atoms with Crippen LogP contribution in [0.4, 0.5) is 8.78 Å². The second-order valence-corrected chi connectivity index (χ2v) is 4.79.